The van der Waals surface area contributed by atoms with Gasteiger partial charge in [0.1, 0.15) is 5.75 Å². The second-order valence-corrected chi connectivity index (χ2v) is 4.51. The van der Waals surface area contributed by atoms with Crippen molar-refractivity contribution in [3.8, 4) is 5.75 Å². The fraction of sp³-hybridized carbons (Fsp3) is 0.500. The number of benzene rings is 1. The van der Waals surface area contributed by atoms with Crippen molar-refractivity contribution in [2.24, 2.45) is 0 Å². The van der Waals surface area contributed by atoms with E-state index < -0.39 is 0 Å². The van der Waals surface area contributed by atoms with Crippen LogP contribution in [0.2, 0.25) is 0 Å². The molecule has 116 valence electrons. The summed E-state index contributed by atoms with van der Waals surface area (Å²) in [6.07, 6.45) is 1.25. The van der Waals surface area contributed by atoms with Crippen LogP contribution in [0.25, 0.3) is 0 Å². The van der Waals surface area contributed by atoms with Crippen LogP contribution in [0.1, 0.15) is 32.3 Å². The van der Waals surface area contributed by atoms with Crippen LogP contribution in [-0.2, 0) is 20.7 Å². The summed E-state index contributed by atoms with van der Waals surface area (Å²) in [5.41, 5.74) is 0.932. The Kier molecular flexibility index (Phi) is 7.94. The Morgan fingerprint density at radius 1 is 1.10 bits per heavy atom. The third-order valence-corrected chi connectivity index (χ3v) is 2.78. The molecule has 0 fully saturated rings. The van der Waals surface area contributed by atoms with E-state index >= 15 is 0 Å². The molecule has 0 aliphatic carbocycles. The van der Waals surface area contributed by atoms with E-state index in [0.29, 0.717) is 39.0 Å². The SMILES string of the molecule is CCOC(=O)CCCNC(=O)Cc1ccc(OCC)cc1. The van der Waals surface area contributed by atoms with Gasteiger partial charge < -0.3 is 14.8 Å². The number of esters is 1. The zero-order valence-corrected chi connectivity index (χ0v) is 12.7. The Morgan fingerprint density at radius 3 is 2.43 bits per heavy atom. The van der Waals surface area contributed by atoms with E-state index in [0.717, 1.165) is 11.3 Å². The van der Waals surface area contributed by atoms with Crippen LogP contribution in [0.4, 0.5) is 0 Å². The molecule has 1 amide bonds. The first-order valence-electron chi connectivity index (χ1n) is 7.29. The first-order valence-corrected chi connectivity index (χ1v) is 7.29. The molecule has 0 unspecified atom stereocenters. The van der Waals surface area contributed by atoms with Crippen molar-refractivity contribution in [1.29, 1.82) is 0 Å². The molecule has 0 aliphatic heterocycles. The van der Waals surface area contributed by atoms with E-state index in [-0.39, 0.29) is 11.9 Å². The van der Waals surface area contributed by atoms with Gasteiger partial charge in [0.25, 0.3) is 0 Å². The minimum absolute atomic E-state index is 0.0528. The lowest BCUT2D eigenvalue weighted by atomic mass is 10.1. The fourth-order valence-electron chi connectivity index (χ4n) is 1.81. The lowest BCUT2D eigenvalue weighted by Gasteiger charge is -2.07. The largest absolute Gasteiger partial charge is 0.494 e. The first kappa shape index (κ1) is 17.0. The van der Waals surface area contributed by atoms with Crippen molar-refractivity contribution in [3.05, 3.63) is 29.8 Å². The van der Waals surface area contributed by atoms with Crippen LogP contribution in [0.3, 0.4) is 0 Å². The smallest absolute Gasteiger partial charge is 0.305 e. The maximum Gasteiger partial charge on any atom is 0.305 e. The minimum atomic E-state index is -0.224. The van der Waals surface area contributed by atoms with Crippen LogP contribution in [0.15, 0.2) is 24.3 Å². The normalized spacial score (nSPS) is 10.0. The maximum absolute atomic E-state index is 11.7. The second-order valence-electron chi connectivity index (χ2n) is 4.51. The third-order valence-electron chi connectivity index (χ3n) is 2.78. The van der Waals surface area contributed by atoms with Gasteiger partial charge in [0.05, 0.1) is 19.6 Å². The van der Waals surface area contributed by atoms with E-state index in [4.69, 9.17) is 9.47 Å². The standard InChI is InChI=1S/C16H23NO4/c1-3-20-14-9-7-13(8-10-14)12-15(18)17-11-5-6-16(19)21-4-2/h7-10H,3-6,11-12H2,1-2H3,(H,17,18). The summed E-state index contributed by atoms with van der Waals surface area (Å²) < 4.78 is 10.2. The van der Waals surface area contributed by atoms with Crippen LogP contribution >= 0.6 is 0 Å². The molecule has 0 saturated carbocycles. The first-order chi connectivity index (χ1) is 10.2. The van der Waals surface area contributed by atoms with Crippen LogP contribution in [-0.4, -0.2) is 31.6 Å². The number of ether oxygens (including phenoxy) is 2. The summed E-state index contributed by atoms with van der Waals surface area (Å²) >= 11 is 0. The molecule has 0 heterocycles. The average Bonchev–Trinajstić information content (AvgIpc) is 2.46. The van der Waals surface area contributed by atoms with Gasteiger partial charge in [-0.2, -0.15) is 0 Å². The Labute approximate surface area is 125 Å². The van der Waals surface area contributed by atoms with E-state index in [1.54, 1.807) is 6.92 Å². The number of carbonyl (C=O) groups is 2. The Hall–Kier alpha value is -2.04. The van der Waals surface area contributed by atoms with Crippen LogP contribution < -0.4 is 10.1 Å². The summed E-state index contributed by atoms with van der Waals surface area (Å²) in [4.78, 5) is 22.9. The molecule has 0 aromatic heterocycles. The van der Waals surface area contributed by atoms with Gasteiger partial charge in [-0.1, -0.05) is 12.1 Å². The molecule has 0 bridgehead atoms. The predicted octanol–water partition coefficient (Wildman–Crippen LogP) is 2.09. The van der Waals surface area contributed by atoms with Gasteiger partial charge in [0.2, 0.25) is 5.91 Å². The lowest BCUT2D eigenvalue weighted by Crippen LogP contribution is -2.26. The van der Waals surface area contributed by atoms with Crippen molar-refractivity contribution in [3.63, 3.8) is 0 Å². The molecule has 1 N–H and O–H groups in total. The molecule has 1 aromatic rings. The van der Waals surface area contributed by atoms with Gasteiger partial charge in [-0.25, -0.2) is 0 Å². The quantitative estimate of drug-likeness (QED) is 0.559. The molecule has 0 aliphatic rings. The summed E-state index contributed by atoms with van der Waals surface area (Å²) in [6, 6.07) is 7.46. The zero-order valence-electron chi connectivity index (χ0n) is 12.7. The molecule has 0 radical (unpaired) electrons. The highest BCUT2D eigenvalue weighted by molar-refractivity contribution is 5.78. The molecule has 5 nitrogen and oxygen atoms in total. The van der Waals surface area contributed by atoms with Crippen molar-refractivity contribution >= 4 is 11.9 Å². The Balaban J connectivity index is 2.22. The van der Waals surface area contributed by atoms with Gasteiger partial charge in [0.15, 0.2) is 0 Å². The fourth-order valence-corrected chi connectivity index (χ4v) is 1.81. The second kappa shape index (κ2) is 9.80. The van der Waals surface area contributed by atoms with Gasteiger partial charge in [-0.15, -0.1) is 0 Å². The van der Waals surface area contributed by atoms with Crippen LogP contribution in [0, 0.1) is 0 Å². The van der Waals surface area contributed by atoms with Crippen molar-refractivity contribution in [1.82, 2.24) is 5.32 Å². The maximum atomic E-state index is 11.7. The molecule has 0 saturated heterocycles. The lowest BCUT2D eigenvalue weighted by molar-refractivity contribution is -0.143. The number of nitrogens with one attached hydrogen (secondary N) is 1. The molecule has 1 aromatic carbocycles. The van der Waals surface area contributed by atoms with E-state index in [1.165, 1.54) is 0 Å². The molecule has 5 heteroatoms. The Morgan fingerprint density at radius 2 is 1.81 bits per heavy atom. The van der Waals surface area contributed by atoms with Gasteiger partial charge in [-0.05, 0) is 38.0 Å². The highest BCUT2D eigenvalue weighted by atomic mass is 16.5. The number of rotatable bonds is 9. The number of amides is 1. The van der Waals surface area contributed by atoms with Crippen LogP contribution in [0.5, 0.6) is 5.75 Å². The minimum Gasteiger partial charge on any atom is -0.494 e. The van der Waals surface area contributed by atoms with E-state index in [9.17, 15) is 9.59 Å². The molecular weight excluding hydrogens is 270 g/mol. The molecule has 1 rings (SSSR count). The molecular formula is C16H23NO4. The summed E-state index contributed by atoms with van der Waals surface area (Å²) in [6.45, 7) is 5.20. The zero-order chi connectivity index (χ0) is 15.5. The number of hydrogen-bond donors (Lipinski definition) is 1. The highest BCUT2D eigenvalue weighted by Gasteiger charge is 2.05. The van der Waals surface area contributed by atoms with Gasteiger partial charge in [-0.3, -0.25) is 9.59 Å². The summed E-state index contributed by atoms with van der Waals surface area (Å²) in [5.74, 6) is 0.525. The number of carbonyl (C=O) groups excluding carboxylic acids is 2. The van der Waals surface area contributed by atoms with Gasteiger partial charge >= 0.3 is 5.97 Å². The summed E-state index contributed by atoms with van der Waals surface area (Å²) in [5, 5.41) is 2.79. The Bertz CT molecular complexity index is 442. The van der Waals surface area contributed by atoms with Crippen molar-refractivity contribution in [2.75, 3.05) is 19.8 Å². The molecule has 21 heavy (non-hydrogen) atoms. The van der Waals surface area contributed by atoms with E-state index in [1.807, 2.05) is 31.2 Å². The third kappa shape index (κ3) is 7.34. The number of hydrogen-bond acceptors (Lipinski definition) is 4. The average molecular weight is 293 g/mol. The predicted molar refractivity (Wildman–Crippen MR) is 80.2 cm³/mol. The van der Waals surface area contributed by atoms with Crippen molar-refractivity contribution < 1.29 is 19.1 Å². The molecule has 0 spiro atoms. The van der Waals surface area contributed by atoms with E-state index in [2.05, 4.69) is 5.32 Å². The molecule has 0 atom stereocenters. The topological polar surface area (TPSA) is 64.6 Å². The van der Waals surface area contributed by atoms with Gasteiger partial charge in [0, 0.05) is 13.0 Å². The highest BCUT2D eigenvalue weighted by Crippen LogP contribution is 2.12. The monoisotopic (exact) mass is 293 g/mol. The van der Waals surface area contributed by atoms with Crippen molar-refractivity contribution in [2.45, 2.75) is 33.1 Å². The summed E-state index contributed by atoms with van der Waals surface area (Å²) in [7, 11) is 0.